The van der Waals surface area contributed by atoms with E-state index >= 15 is 0 Å². The largest absolute Gasteiger partial charge is 0.490 e. The molecule has 2 aromatic rings. The van der Waals surface area contributed by atoms with Crippen LogP contribution in [0.15, 0.2) is 48.5 Å². The van der Waals surface area contributed by atoms with Crippen LogP contribution >= 0.6 is 0 Å². The molecule has 134 valence electrons. The monoisotopic (exact) mass is 342 g/mol. The van der Waals surface area contributed by atoms with Gasteiger partial charge in [0, 0.05) is 6.42 Å². The summed E-state index contributed by atoms with van der Waals surface area (Å²) in [6.07, 6.45) is 0.672. The number of rotatable bonds is 8. The molecule has 25 heavy (non-hydrogen) atoms. The first-order valence-electron chi connectivity index (χ1n) is 8.51. The fraction of sp³-hybridized carbons (Fsp3) is 0.381. The number of hydrogen-bond donors (Lipinski definition) is 1. The van der Waals surface area contributed by atoms with Crippen molar-refractivity contribution in [1.29, 1.82) is 0 Å². The zero-order valence-corrected chi connectivity index (χ0v) is 15.1. The predicted molar refractivity (Wildman–Crippen MR) is 98.5 cm³/mol. The van der Waals surface area contributed by atoms with Gasteiger partial charge in [-0.15, -0.1) is 0 Å². The van der Waals surface area contributed by atoms with Gasteiger partial charge in [-0.1, -0.05) is 45.0 Å². The molecule has 0 fully saturated rings. The zero-order chi connectivity index (χ0) is 18.3. The van der Waals surface area contributed by atoms with Crippen LogP contribution in [0.1, 0.15) is 38.3 Å². The Labute approximate surface area is 149 Å². The van der Waals surface area contributed by atoms with E-state index in [0.717, 1.165) is 17.1 Å². The number of carboxylic acid groups (broad SMARTS) is 1. The summed E-state index contributed by atoms with van der Waals surface area (Å²) in [4.78, 5) is 10.6. The second-order valence-electron chi connectivity index (χ2n) is 7.01. The molecule has 4 heteroatoms. The maximum Gasteiger partial charge on any atom is 0.303 e. The summed E-state index contributed by atoms with van der Waals surface area (Å²) >= 11 is 0. The molecule has 0 atom stereocenters. The van der Waals surface area contributed by atoms with Crippen molar-refractivity contribution < 1.29 is 19.4 Å². The van der Waals surface area contributed by atoms with E-state index in [2.05, 4.69) is 32.9 Å². The van der Waals surface area contributed by atoms with Crippen LogP contribution < -0.4 is 9.47 Å². The molecule has 0 aromatic heterocycles. The van der Waals surface area contributed by atoms with Gasteiger partial charge < -0.3 is 14.6 Å². The van der Waals surface area contributed by atoms with E-state index in [1.165, 1.54) is 5.56 Å². The fourth-order valence-electron chi connectivity index (χ4n) is 2.37. The minimum Gasteiger partial charge on any atom is -0.490 e. The molecule has 4 nitrogen and oxygen atoms in total. The molecule has 0 amide bonds. The highest BCUT2D eigenvalue weighted by atomic mass is 16.5. The highest BCUT2D eigenvalue weighted by molar-refractivity contribution is 5.67. The van der Waals surface area contributed by atoms with Crippen LogP contribution in [0.5, 0.6) is 11.5 Å². The SMILES string of the molecule is CC(C)(C)c1ccc(OCCOc2ccc(CCC(=O)O)cc2)cc1. The van der Waals surface area contributed by atoms with E-state index in [1.807, 2.05) is 36.4 Å². The van der Waals surface area contributed by atoms with E-state index in [9.17, 15) is 4.79 Å². The summed E-state index contributed by atoms with van der Waals surface area (Å²) in [6, 6.07) is 15.6. The third-order valence-corrected chi connectivity index (χ3v) is 3.89. The van der Waals surface area contributed by atoms with Crippen molar-refractivity contribution in [3.63, 3.8) is 0 Å². The van der Waals surface area contributed by atoms with Crippen molar-refractivity contribution in [2.75, 3.05) is 13.2 Å². The van der Waals surface area contributed by atoms with Crippen LogP contribution in [-0.2, 0) is 16.6 Å². The lowest BCUT2D eigenvalue weighted by molar-refractivity contribution is -0.136. The Kier molecular flexibility index (Phi) is 6.45. The van der Waals surface area contributed by atoms with Gasteiger partial charge in [-0.25, -0.2) is 0 Å². The van der Waals surface area contributed by atoms with Gasteiger partial charge in [0.1, 0.15) is 24.7 Å². The van der Waals surface area contributed by atoms with E-state index in [0.29, 0.717) is 19.6 Å². The predicted octanol–water partition coefficient (Wildman–Crippen LogP) is 4.46. The lowest BCUT2D eigenvalue weighted by Gasteiger charge is -2.19. The Morgan fingerprint density at radius 3 is 1.80 bits per heavy atom. The Morgan fingerprint density at radius 1 is 0.880 bits per heavy atom. The van der Waals surface area contributed by atoms with Gasteiger partial charge in [0.05, 0.1) is 0 Å². The second kappa shape index (κ2) is 8.56. The van der Waals surface area contributed by atoms with Gasteiger partial charge >= 0.3 is 5.97 Å². The number of benzene rings is 2. The summed E-state index contributed by atoms with van der Waals surface area (Å²) in [5.41, 5.74) is 2.40. The lowest BCUT2D eigenvalue weighted by Crippen LogP contribution is -2.11. The average molecular weight is 342 g/mol. The fourth-order valence-corrected chi connectivity index (χ4v) is 2.37. The van der Waals surface area contributed by atoms with Crippen molar-refractivity contribution in [2.45, 2.75) is 39.0 Å². The highest BCUT2D eigenvalue weighted by Crippen LogP contribution is 2.24. The van der Waals surface area contributed by atoms with Crippen molar-refractivity contribution >= 4 is 5.97 Å². The molecule has 0 radical (unpaired) electrons. The van der Waals surface area contributed by atoms with Gasteiger partial charge in [0.25, 0.3) is 0 Å². The summed E-state index contributed by atoms with van der Waals surface area (Å²) in [5, 5.41) is 8.68. The molecule has 2 rings (SSSR count). The second-order valence-corrected chi connectivity index (χ2v) is 7.01. The van der Waals surface area contributed by atoms with Gasteiger partial charge in [0.2, 0.25) is 0 Å². The zero-order valence-electron chi connectivity index (χ0n) is 15.1. The molecule has 0 spiro atoms. The van der Waals surface area contributed by atoms with Crippen LogP contribution in [-0.4, -0.2) is 24.3 Å². The molecule has 0 saturated heterocycles. The topological polar surface area (TPSA) is 55.8 Å². The number of aliphatic carboxylic acids is 1. The molecule has 0 aliphatic carbocycles. The molecule has 2 aromatic carbocycles. The van der Waals surface area contributed by atoms with Crippen LogP contribution in [0.25, 0.3) is 0 Å². The first kappa shape index (κ1) is 18.8. The quantitative estimate of drug-likeness (QED) is 0.720. The van der Waals surface area contributed by atoms with Crippen molar-refractivity contribution in [2.24, 2.45) is 0 Å². The van der Waals surface area contributed by atoms with Crippen LogP contribution in [0.2, 0.25) is 0 Å². The molecular weight excluding hydrogens is 316 g/mol. The normalized spacial score (nSPS) is 11.2. The number of carbonyl (C=O) groups is 1. The van der Waals surface area contributed by atoms with Gasteiger partial charge in [-0.05, 0) is 47.2 Å². The number of hydrogen-bond acceptors (Lipinski definition) is 3. The van der Waals surface area contributed by atoms with Crippen LogP contribution in [0, 0.1) is 0 Å². The molecule has 0 saturated carbocycles. The lowest BCUT2D eigenvalue weighted by atomic mass is 9.87. The maximum absolute atomic E-state index is 10.6. The molecule has 0 bridgehead atoms. The third-order valence-electron chi connectivity index (χ3n) is 3.89. The van der Waals surface area contributed by atoms with Gasteiger partial charge in [0.15, 0.2) is 0 Å². The number of ether oxygens (including phenoxy) is 2. The maximum atomic E-state index is 10.6. The first-order chi connectivity index (χ1) is 11.8. The standard InChI is InChI=1S/C21H26O4/c1-21(2,3)17-7-11-19(12-8-17)25-15-14-24-18-9-4-16(5-10-18)6-13-20(22)23/h4-5,7-12H,6,13-15H2,1-3H3,(H,22,23). The van der Waals surface area contributed by atoms with E-state index in [-0.39, 0.29) is 11.8 Å². The Hall–Kier alpha value is -2.49. The smallest absolute Gasteiger partial charge is 0.303 e. The third kappa shape index (κ3) is 6.49. The molecule has 0 aliphatic heterocycles. The van der Waals surface area contributed by atoms with Crippen molar-refractivity contribution in [3.8, 4) is 11.5 Å². The van der Waals surface area contributed by atoms with E-state index in [4.69, 9.17) is 14.6 Å². The average Bonchev–Trinajstić information content (AvgIpc) is 2.57. The molecule has 0 unspecified atom stereocenters. The summed E-state index contributed by atoms with van der Waals surface area (Å²) in [5.74, 6) is 0.805. The molecule has 0 heterocycles. The van der Waals surface area contributed by atoms with Crippen LogP contribution in [0.3, 0.4) is 0 Å². The number of aryl methyl sites for hydroxylation is 1. The van der Waals surface area contributed by atoms with Crippen LogP contribution in [0.4, 0.5) is 0 Å². The molecule has 1 N–H and O–H groups in total. The Bertz CT molecular complexity index is 667. The minimum atomic E-state index is -0.784. The molecular formula is C21H26O4. The summed E-state index contributed by atoms with van der Waals surface area (Å²) in [6.45, 7) is 7.47. The van der Waals surface area contributed by atoms with Crippen molar-refractivity contribution in [1.82, 2.24) is 0 Å². The summed E-state index contributed by atoms with van der Waals surface area (Å²) < 4.78 is 11.3. The summed E-state index contributed by atoms with van der Waals surface area (Å²) in [7, 11) is 0. The van der Waals surface area contributed by atoms with Gasteiger partial charge in [-0.2, -0.15) is 0 Å². The Balaban J connectivity index is 1.73. The molecule has 0 aliphatic rings. The minimum absolute atomic E-state index is 0.137. The first-order valence-corrected chi connectivity index (χ1v) is 8.51. The van der Waals surface area contributed by atoms with Gasteiger partial charge in [-0.3, -0.25) is 4.79 Å². The van der Waals surface area contributed by atoms with Crippen molar-refractivity contribution in [3.05, 3.63) is 59.7 Å². The highest BCUT2D eigenvalue weighted by Gasteiger charge is 2.12. The van der Waals surface area contributed by atoms with E-state index in [1.54, 1.807) is 0 Å². The Morgan fingerprint density at radius 2 is 1.36 bits per heavy atom. The number of carboxylic acids is 1. The van der Waals surface area contributed by atoms with E-state index < -0.39 is 5.97 Å².